The van der Waals surface area contributed by atoms with E-state index in [1.165, 1.54) is 270 Å². The SMILES string of the molecule is CCCCCCCCCCCCCCCCCCCCC(=O)OC[C@H](COP(=O)(O)OC[C@@H](O)COP(=O)(O)OC[C@@H](COC(=O)CCCCCCCCCC(C)C)OC(=O)CCCCCCCCCCCCCCCCCCCC)OC(=O)CCCCCCCCCCCCCCCCCCC(C)C. The van der Waals surface area contributed by atoms with Crippen LogP contribution >= 0.6 is 15.6 Å². The van der Waals surface area contributed by atoms with Gasteiger partial charge in [-0.25, -0.2) is 9.13 Å². The zero-order chi connectivity index (χ0) is 77.1. The third-order valence-corrected chi connectivity index (χ3v) is 22.1. The number of esters is 4. The van der Waals surface area contributed by atoms with E-state index in [2.05, 4.69) is 41.5 Å². The fraction of sp³-hybridized carbons (Fsp3) is 0.953. The summed E-state index contributed by atoms with van der Waals surface area (Å²) in [7, 11) is -9.93. The number of aliphatic hydroxyl groups is 1. The molecule has 624 valence electrons. The zero-order valence-corrected chi connectivity index (χ0v) is 70.8. The third kappa shape index (κ3) is 79.9. The van der Waals surface area contributed by atoms with E-state index >= 15 is 0 Å². The molecule has 0 heterocycles. The standard InChI is InChI=1S/C86H168O17P2/c1-7-9-11-13-15-17-19-21-23-25-27-32-36-40-44-50-56-62-68-83(88)96-74-81(102-85(90)70-65-59-52-46-42-38-34-30-29-31-35-39-43-48-54-60-66-78(3)4)76-100-104(92,93)98-72-80(87)73-99-105(94,95)101-77-82(75-97-84(89)69-63-57-53-47-49-55-61-67-79(5)6)103-86(91)71-64-58-51-45-41-37-33-28-26-24-22-20-18-16-14-12-10-8-2/h78-82,87H,7-77H2,1-6H3,(H,92,93)(H,94,95)/t80-,81-,82-/m1/s1. The molecule has 0 aromatic heterocycles. The van der Waals surface area contributed by atoms with E-state index in [-0.39, 0.29) is 25.7 Å². The largest absolute Gasteiger partial charge is 0.472 e. The highest BCUT2D eigenvalue weighted by molar-refractivity contribution is 7.47. The first kappa shape index (κ1) is 103. The van der Waals surface area contributed by atoms with E-state index in [1.54, 1.807) is 0 Å². The van der Waals surface area contributed by atoms with E-state index < -0.39 is 97.5 Å². The lowest BCUT2D eigenvalue weighted by molar-refractivity contribution is -0.161. The minimum absolute atomic E-state index is 0.108. The molecule has 0 aliphatic carbocycles. The van der Waals surface area contributed by atoms with Crippen molar-refractivity contribution in [3.05, 3.63) is 0 Å². The van der Waals surface area contributed by atoms with Gasteiger partial charge in [0.1, 0.15) is 19.3 Å². The lowest BCUT2D eigenvalue weighted by Gasteiger charge is -2.21. The van der Waals surface area contributed by atoms with Crippen LogP contribution in [0.1, 0.15) is 459 Å². The molecule has 0 aliphatic rings. The van der Waals surface area contributed by atoms with Crippen molar-refractivity contribution in [1.82, 2.24) is 0 Å². The molecular weight excluding hydrogens is 1370 g/mol. The first-order chi connectivity index (χ1) is 50.9. The molecule has 0 saturated heterocycles. The maximum absolute atomic E-state index is 13.1. The second kappa shape index (κ2) is 77.4. The first-order valence-corrected chi connectivity index (χ1v) is 47.5. The normalized spacial score (nSPS) is 13.8. The second-order valence-electron chi connectivity index (χ2n) is 31.9. The Morgan fingerprint density at radius 3 is 0.648 bits per heavy atom. The number of phosphoric ester groups is 2. The Kier molecular flexibility index (Phi) is 76.0. The number of carbonyl (C=O) groups is 4. The zero-order valence-electron chi connectivity index (χ0n) is 69.0. The Morgan fingerprint density at radius 1 is 0.257 bits per heavy atom. The molecule has 0 fully saturated rings. The first-order valence-electron chi connectivity index (χ1n) is 44.5. The topological polar surface area (TPSA) is 237 Å². The summed E-state index contributed by atoms with van der Waals surface area (Å²) in [6.07, 6.45) is 69.5. The third-order valence-electron chi connectivity index (χ3n) is 20.2. The number of aliphatic hydroxyl groups excluding tert-OH is 1. The lowest BCUT2D eigenvalue weighted by atomic mass is 10.0. The summed E-state index contributed by atoms with van der Waals surface area (Å²) in [6.45, 7) is 9.65. The van der Waals surface area contributed by atoms with Crippen molar-refractivity contribution in [1.29, 1.82) is 0 Å². The van der Waals surface area contributed by atoms with Crippen LogP contribution in [0.4, 0.5) is 0 Å². The van der Waals surface area contributed by atoms with Gasteiger partial charge < -0.3 is 33.8 Å². The van der Waals surface area contributed by atoms with Crippen LogP contribution in [0.2, 0.25) is 0 Å². The monoisotopic (exact) mass is 1540 g/mol. The van der Waals surface area contributed by atoms with E-state index in [1.807, 2.05) is 0 Å². The Balaban J connectivity index is 5.23. The Morgan fingerprint density at radius 2 is 0.438 bits per heavy atom. The van der Waals surface area contributed by atoms with Gasteiger partial charge in [0.25, 0.3) is 0 Å². The Bertz CT molecular complexity index is 2010. The van der Waals surface area contributed by atoms with Gasteiger partial charge in [0.2, 0.25) is 0 Å². The maximum Gasteiger partial charge on any atom is 0.472 e. The molecule has 0 rings (SSSR count). The summed E-state index contributed by atoms with van der Waals surface area (Å²) < 4.78 is 68.9. The number of carbonyl (C=O) groups excluding carboxylic acids is 4. The highest BCUT2D eigenvalue weighted by Gasteiger charge is 2.30. The predicted molar refractivity (Wildman–Crippen MR) is 432 cm³/mol. The average Bonchev–Trinajstić information content (AvgIpc) is 1.02. The van der Waals surface area contributed by atoms with Gasteiger partial charge in [-0.05, 0) is 37.5 Å². The van der Waals surface area contributed by atoms with Crippen LogP contribution in [-0.4, -0.2) is 96.7 Å². The number of phosphoric acid groups is 2. The van der Waals surface area contributed by atoms with Crippen LogP contribution in [0, 0.1) is 11.8 Å². The summed E-state index contributed by atoms with van der Waals surface area (Å²) in [5.74, 6) is -0.588. The molecule has 5 atom stereocenters. The molecule has 17 nitrogen and oxygen atoms in total. The van der Waals surface area contributed by atoms with Crippen molar-refractivity contribution in [2.45, 2.75) is 477 Å². The second-order valence-corrected chi connectivity index (χ2v) is 34.8. The van der Waals surface area contributed by atoms with Crippen LogP contribution in [0.3, 0.4) is 0 Å². The van der Waals surface area contributed by atoms with Crippen molar-refractivity contribution in [2.24, 2.45) is 11.8 Å². The lowest BCUT2D eigenvalue weighted by Crippen LogP contribution is -2.30. The summed E-state index contributed by atoms with van der Waals surface area (Å²) >= 11 is 0. The molecular formula is C86H168O17P2. The average molecular weight is 1540 g/mol. The predicted octanol–water partition coefficient (Wildman–Crippen LogP) is 26.2. The van der Waals surface area contributed by atoms with Crippen molar-refractivity contribution < 1.29 is 80.2 Å². The molecule has 0 saturated carbocycles. The van der Waals surface area contributed by atoms with Crippen LogP contribution in [0.5, 0.6) is 0 Å². The van der Waals surface area contributed by atoms with Crippen molar-refractivity contribution >= 4 is 39.5 Å². The molecule has 3 N–H and O–H groups in total. The van der Waals surface area contributed by atoms with Gasteiger partial charge in [-0.2, -0.15) is 0 Å². The van der Waals surface area contributed by atoms with Crippen molar-refractivity contribution in [2.75, 3.05) is 39.6 Å². The van der Waals surface area contributed by atoms with Gasteiger partial charge in [-0.1, -0.05) is 408 Å². The van der Waals surface area contributed by atoms with Crippen molar-refractivity contribution in [3.63, 3.8) is 0 Å². The van der Waals surface area contributed by atoms with Gasteiger partial charge >= 0.3 is 39.5 Å². The molecule has 0 aromatic rings. The maximum atomic E-state index is 13.1. The van der Waals surface area contributed by atoms with Gasteiger partial charge in [0, 0.05) is 25.7 Å². The fourth-order valence-corrected chi connectivity index (χ4v) is 15.0. The van der Waals surface area contributed by atoms with E-state index in [4.69, 9.17) is 37.0 Å². The van der Waals surface area contributed by atoms with Crippen LogP contribution in [0.15, 0.2) is 0 Å². The Labute approximate surface area is 645 Å². The Hall–Kier alpha value is -1.94. The summed E-state index contributed by atoms with van der Waals surface area (Å²) in [6, 6.07) is 0. The van der Waals surface area contributed by atoms with Crippen LogP contribution in [-0.2, 0) is 65.4 Å². The quantitative estimate of drug-likeness (QED) is 0.0222. The fourth-order valence-electron chi connectivity index (χ4n) is 13.4. The highest BCUT2D eigenvalue weighted by Crippen LogP contribution is 2.45. The smallest absolute Gasteiger partial charge is 0.462 e. The molecule has 19 heteroatoms. The number of unbranched alkanes of at least 4 members (excludes halogenated alkanes) is 55. The van der Waals surface area contributed by atoms with Crippen LogP contribution < -0.4 is 0 Å². The number of hydrogen-bond donors (Lipinski definition) is 3. The van der Waals surface area contributed by atoms with E-state index in [9.17, 15) is 43.2 Å². The van der Waals surface area contributed by atoms with Gasteiger partial charge in [0.15, 0.2) is 12.2 Å². The minimum Gasteiger partial charge on any atom is -0.462 e. The number of ether oxygens (including phenoxy) is 4. The minimum atomic E-state index is -4.97. The van der Waals surface area contributed by atoms with E-state index in [0.29, 0.717) is 31.6 Å². The molecule has 0 radical (unpaired) electrons. The number of rotatable bonds is 85. The van der Waals surface area contributed by atoms with E-state index in [0.717, 1.165) is 102 Å². The van der Waals surface area contributed by atoms with Gasteiger partial charge in [0.05, 0.1) is 26.4 Å². The molecule has 0 amide bonds. The molecule has 2 unspecified atom stereocenters. The van der Waals surface area contributed by atoms with Gasteiger partial charge in [-0.3, -0.25) is 37.3 Å². The molecule has 0 spiro atoms. The summed E-state index contributed by atoms with van der Waals surface area (Å²) in [5, 5.41) is 10.7. The molecule has 0 aromatic carbocycles. The summed E-state index contributed by atoms with van der Waals surface area (Å²) in [5.41, 5.74) is 0. The van der Waals surface area contributed by atoms with Crippen LogP contribution in [0.25, 0.3) is 0 Å². The number of hydrogen-bond acceptors (Lipinski definition) is 15. The van der Waals surface area contributed by atoms with Crippen molar-refractivity contribution in [3.8, 4) is 0 Å². The van der Waals surface area contributed by atoms with Gasteiger partial charge in [-0.15, -0.1) is 0 Å². The highest BCUT2D eigenvalue weighted by atomic mass is 31.2. The summed E-state index contributed by atoms with van der Waals surface area (Å²) in [4.78, 5) is 73.2. The molecule has 0 aliphatic heterocycles. The molecule has 0 bridgehead atoms. The molecule has 105 heavy (non-hydrogen) atoms.